The summed E-state index contributed by atoms with van der Waals surface area (Å²) >= 11 is 0. The van der Waals surface area contributed by atoms with E-state index in [4.69, 9.17) is 0 Å². The zero-order chi connectivity index (χ0) is 9.84. The predicted octanol–water partition coefficient (Wildman–Crippen LogP) is 2.36. The maximum absolute atomic E-state index is 9.71. The molecular weight excluding hydrogens is 160 g/mol. The van der Waals surface area contributed by atoms with Crippen LogP contribution in [0.25, 0.3) is 0 Å². The minimum atomic E-state index is -0.647. The molecule has 1 N–H and O–H groups in total. The molecule has 68 valence electrons. The van der Waals surface area contributed by atoms with Crippen LogP contribution < -0.4 is 0 Å². The molecule has 1 nitrogen and oxygen atoms in total. The third-order valence-electron chi connectivity index (χ3n) is 2.10. The highest BCUT2D eigenvalue weighted by Gasteiger charge is 2.09. The van der Waals surface area contributed by atoms with E-state index in [9.17, 15) is 5.11 Å². The fourth-order valence-corrected chi connectivity index (χ4v) is 1.47. The lowest BCUT2D eigenvalue weighted by molar-refractivity contribution is 0.237. The van der Waals surface area contributed by atoms with Crippen LogP contribution in [0.5, 0.6) is 0 Å². The lowest BCUT2D eigenvalue weighted by Crippen LogP contribution is -1.99. The lowest BCUT2D eigenvalue weighted by atomic mass is 9.98. The van der Waals surface area contributed by atoms with Gasteiger partial charge in [0.05, 0.1) is 0 Å². The Morgan fingerprint density at radius 3 is 2.23 bits per heavy atom. The van der Waals surface area contributed by atoms with Crippen LogP contribution in [0.1, 0.15) is 29.7 Å². The van der Waals surface area contributed by atoms with E-state index in [-0.39, 0.29) is 0 Å². The van der Waals surface area contributed by atoms with Crippen molar-refractivity contribution in [2.24, 2.45) is 0 Å². The van der Waals surface area contributed by atoms with Crippen LogP contribution in [0.15, 0.2) is 18.2 Å². The van der Waals surface area contributed by atoms with Crippen molar-refractivity contribution in [1.82, 2.24) is 0 Å². The van der Waals surface area contributed by atoms with Crippen LogP contribution in [0.4, 0.5) is 0 Å². The zero-order valence-electron chi connectivity index (χ0n) is 8.26. The summed E-state index contributed by atoms with van der Waals surface area (Å²) in [5.41, 5.74) is 3.13. The van der Waals surface area contributed by atoms with Gasteiger partial charge in [-0.3, -0.25) is 0 Å². The summed E-state index contributed by atoms with van der Waals surface area (Å²) in [5, 5.41) is 9.71. The highest BCUT2D eigenvalue weighted by atomic mass is 16.3. The van der Waals surface area contributed by atoms with Crippen molar-refractivity contribution < 1.29 is 5.11 Å². The van der Waals surface area contributed by atoms with Crippen molar-refractivity contribution >= 4 is 0 Å². The van der Waals surface area contributed by atoms with Gasteiger partial charge in [-0.05, 0) is 37.5 Å². The SMILES string of the molecule is CC#CC(O)c1c(C)cccc1C. The van der Waals surface area contributed by atoms with Gasteiger partial charge >= 0.3 is 0 Å². The molecule has 0 saturated heterocycles. The van der Waals surface area contributed by atoms with Gasteiger partial charge in [-0.25, -0.2) is 0 Å². The summed E-state index contributed by atoms with van der Waals surface area (Å²) in [7, 11) is 0. The normalized spacial score (nSPS) is 11.7. The number of aliphatic hydroxyl groups excluding tert-OH is 1. The smallest absolute Gasteiger partial charge is 0.140 e. The second-order valence-electron chi connectivity index (χ2n) is 3.10. The van der Waals surface area contributed by atoms with Gasteiger partial charge in [0.1, 0.15) is 6.10 Å². The summed E-state index contributed by atoms with van der Waals surface area (Å²) in [6, 6.07) is 5.96. The number of aliphatic hydroxyl groups is 1. The second-order valence-corrected chi connectivity index (χ2v) is 3.10. The van der Waals surface area contributed by atoms with Crippen molar-refractivity contribution in [1.29, 1.82) is 0 Å². The highest BCUT2D eigenvalue weighted by Crippen LogP contribution is 2.20. The van der Waals surface area contributed by atoms with Gasteiger partial charge in [0.2, 0.25) is 0 Å². The molecule has 1 aromatic rings. The van der Waals surface area contributed by atoms with Crippen LogP contribution in [-0.2, 0) is 0 Å². The minimum Gasteiger partial charge on any atom is -0.376 e. The van der Waals surface area contributed by atoms with E-state index in [1.807, 2.05) is 32.0 Å². The van der Waals surface area contributed by atoms with Crippen molar-refractivity contribution in [3.63, 3.8) is 0 Å². The summed E-state index contributed by atoms with van der Waals surface area (Å²) in [4.78, 5) is 0. The molecule has 0 aliphatic carbocycles. The van der Waals surface area contributed by atoms with E-state index in [1.165, 1.54) is 0 Å². The van der Waals surface area contributed by atoms with Gasteiger partial charge in [-0.1, -0.05) is 24.1 Å². The molecule has 0 fully saturated rings. The van der Waals surface area contributed by atoms with E-state index >= 15 is 0 Å². The Bertz CT molecular complexity index is 335. The molecule has 0 saturated carbocycles. The van der Waals surface area contributed by atoms with Crippen molar-refractivity contribution in [3.8, 4) is 11.8 Å². The molecule has 13 heavy (non-hydrogen) atoms. The zero-order valence-corrected chi connectivity index (χ0v) is 8.26. The third kappa shape index (κ3) is 2.11. The second kappa shape index (κ2) is 4.11. The average Bonchev–Trinajstić information content (AvgIpc) is 2.04. The van der Waals surface area contributed by atoms with E-state index in [2.05, 4.69) is 11.8 Å². The van der Waals surface area contributed by atoms with Crippen molar-refractivity contribution in [3.05, 3.63) is 34.9 Å². The molecule has 0 aromatic heterocycles. The first-order valence-electron chi connectivity index (χ1n) is 4.33. The molecule has 0 radical (unpaired) electrons. The fraction of sp³-hybridized carbons (Fsp3) is 0.333. The first kappa shape index (κ1) is 9.83. The maximum atomic E-state index is 9.71. The lowest BCUT2D eigenvalue weighted by Gasteiger charge is -2.10. The van der Waals surface area contributed by atoms with Gasteiger partial charge in [-0.2, -0.15) is 0 Å². The van der Waals surface area contributed by atoms with Crippen LogP contribution in [0, 0.1) is 25.7 Å². The average molecular weight is 174 g/mol. The molecule has 0 bridgehead atoms. The van der Waals surface area contributed by atoms with Crippen LogP contribution in [0.2, 0.25) is 0 Å². The topological polar surface area (TPSA) is 20.2 Å². The van der Waals surface area contributed by atoms with Gasteiger partial charge in [0, 0.05) is 0 Å². The Morgan fingerprint density at radius 1 is 1.23 bits per heavy atom. The highest BCUT2D eigenvalue weighted by molar-refractivity contribution is 5.38. The van der Waals surface area contributed by atoms with Crippen LogP contribution in [0.3, 0.4) is 0 Å². The molecule has 0 aliphatic rings. The molecule has 1 rings (SSSR count). The van der Waals surface area contributed by atoms with E-state index in [0.717, 1.165) is 16.7 Å². The Morgan fingerprint density at radius 2 is 1.77 bits per heavy atom. The first-order valence-corrected chi connectivity index (χ1v) is 4.33. The molecule has 1 heteroatoms. The number of hydrogen-bond donors (Lipinski definition) is 1. The summed E-state index contributed by atoms with van der Waals surface area (Å²) < 4.78 is 0. The quantitative estimate of drug-likeness (QED) is 0.648. The molecule has 1 aromatic carbocycles. The Hall–Kier alpha value is -1.26. The van der Waals surface area contributed by atoms with E-state index in [0.29, 0.717) is 0 Å². The van der Waals surface area contributed by atoms with Crippen molar-refractivity contribution in [2.75, 3.05) is 0 Å². The molecule has 0 amide bonds. The monoisotopic (exact) mass is 174 g/mol. The number of rotatable bonds is 1. The van der Waals surface area contributed by atoms with Gasteiger partial charge in [0.15, 0.2) is 0 Å². The van der Waals surface area contributed by atoms with Gasteiger partial charge in [-0.15, -0.1) is 5.92 Å². The standard InChI is InChI=1S/C12H14O/c1-4-6-11(13)12-9(2)7-5-8-10(12)3/h5,7-8,11,13H,1-3H3. The van der Waals surface area contributed by atoms with Crippen LogP contribution >= 0.6 is 0 Å². The van der Waals surface area contributed by atoms with Gasteiger partial charge < -0.3 is 5.11 Å². The van der Waals surface area contributed by atoms with Crippen LogP contribution in [-0.4, -0.2) is 5.11 Å². The minimum absolute atomic E-state index is 0.647. The Balaban J connectivity index is 3.17. The Labute approximate surface area is 79.4 Å². The number of hydrogen-bond acceptors (Lipinski definition) is 1. The molecule has 1 atom stereocenters. The van der Waals surface area contributed by atoms with Gasteiger partial charge in [0.25, 0.3) is 0 Å². The maximum Gasteiger partial charge on any atom is 0.140 e. The summed E-state index contributed by atoms with van der Waals surface area (Å²) in [6.07, 6.45) is -0.647. The largest absolute Gasteiger partial charge is 0.376 e. The molecule has 0 spiro atoms. The first-order chi connectivity index (χ1) is 6.16. The fourth-order valence-electron chi connectivity index (χ4n) is 1.47. The summed E-state index contributed by atoms with van der Waals surface area (Å²) in [6.45, 7) is 5.71. The molecular formula is C12H14O. The molecule has 0 aliphatic heterocycles. The molecule has 1 unspecified atom stereocenters. The number of benzene rings is 1. The Kier molecular flexibility index (Phi) is 3.11. The molecule has 0 heterocycles. The third-order valence-corrected chi connectivity index (χ3v) is 2.10. The number of aryl methyl sites for hydroxylation is 2. The van der Waals surface area contributed by atoms with E-state index < -0.39 is 6.10 Å². The van der Waals surface area contributed by atoms with Crippen molar-refractivity contribution in [2.45, 2.75) is 26.9 Å². The van der Waals surface area contributed by atoms with E-state index in [1.54, 1.807) is 6.92 Å². The summed E-state index contributed by atoms with van der Waals surface area (Å²) in [5.74, 6) is 5.47. The predicted molar refractivity (Wildman–Crippen MR) is 54.3 cm³/mol.